The molecule has 24 heavy (non-hydrogen) atoms. The normalized spacial score (nSPS) is 20.6. The summed E-state index contributed by atoms with van der Waals surface area (Å²) in [6, 6.07) is 8.92. The Balaban J connectivity index is 1.37. The van der Waals surface area contributed by atoms with Crippen molar-refractivity contribution in [2.45, 2.75) is 31.8 Å². The van der Waals surface area contributed by atoms with Gasteiger partial charge >= 0.3 is 0 Å². The zero-order chi connectivity index (χ0) is 16.5. The summed E-state index contributed by atoms with van der Waals surface area (Å²) in [5.41, 5.74) is 2.36. The largest absolute Gasteiger partial charge is 0.351 e. The van der Waals surface area contributed by atoms with E-state index in [-0.39, 0.29) is 11.7 Å². The predicted octanol–water partition coefficient (Wildman–Crippen LogP) is 3.51. The second-order valence-electron chi connectivity index (χ2n) is 6.71. The Bertz CT molecular complexity index is 723. The van der Waals surface area contributed by atoms with E-state index in [9.17, 15) is 9.18 Å². The number of rotatable bonds is 5. The van der Waals surface area contributed by atoms with Crippen LogP contribution in [0.1, 0.15) is 34.9 Å². The molecule has 1 saturated carbocycles. The molecule has 0 radical (unpaired) electrons. The van der Waals surface area contributed by atoms with Gasteiger partial charge in [-0.3, -0.25) is 9.69 Å². The minimum Gasteiger partial charge on any atom is -0.351 e. The lowest BCUT2D eigenvalue weighted by molar-refractivity contribution is -0.123. The van der Waals surface area contributed by atoms with Gasteiger partial charge in [-0.05, 0) is 59.9 Å². The van der Waals surface area contributed by atoms with Gasteiger partial charge in [0.05, 0.1) is 6.54 Å². The number of halogens is 1. The minimum absolute atomic E-state index is 0.0451. The van der Waals surface area contributed by atoms with Gasteiger partial charge in [-0.1, -0.05) is 12.1 Å². The molecule has 1 aliphatic carbocycles. The highest BCUT2D eigenvalue weighted by atomic mass is 32.1. The molecule has 5 heteroatoms. The van der Waals surface area contributed by atoms with Crippen LogP contribution in [0.3, 0.4) is 0 Å². The molecule has 1 aliphatic heterocycles. The van der Waals surface area contributed by atoms with Crippen molar-refractivity contribution in [3.8, 4) is 0 Å². The summed E-state index contributed by atoms with van der Waals surface area (Å²) in [6.45, 7) is 1.85. The van der Waals surface area contributed by atoms with Crippen molar-refractivity contribution < 1.29 is 9.18 Å². The van der Waals surface area contributed by atoms with Crippen LogP contribution in [0.2, 0.25) is 0 Å². The van der Waals surface area contributed by atoms with Crippen molar-refractivity contribution in [3.05, 3.63) is 57.5 Å². The summed E-state index contributed by atoms with van der Waals surface area (Å²) in [7, 11) is 0. The van der Waals surface area contributed by atoms with Gasteiger partial charge in [-0.2, -0.15) is 0 Å². The number of amides is 1. The molecule has 2 aromatic rings. The van der Waals surface area contributed by atoms with Crippen molar-refractivity contribution >= 4 is 17.2 Å². The van der Waals surface area contributed by atoms with Crippen molar-refractivity contribution in [2.24, 2.45) is 5.92 Å². The molecule has 1 amide bonds. The van der Waals surface area contributed by atoms with Gasteiger partial charge in [-0.25, -0.2) is 4.39 Å². The topological polar surface area (TPSA) is 32.3 Å². The molecule has 0 spiro atoms. The fraction of sp³-hybridized carbons (Fsp3) is 0.421. The maximum Gasteiger partial charge on any atom is 0.234 e. The minimum atomic E-state index is -0.253. The van der Waals surface area contributed by atoms with Crippen LogP contribution in [0, 0.1) is 11.7 Å². The average molecular weight is 344 g/mol. The van der Waals surface area contributed by atoms with Crippen LogP contribution in [-0.4, -0.2) is 23.9 Å². The first-order chi connectivity index (χ1) is 11.7. The van der Waals surface area contributed by atoms with Crippen molar-refractivity contribution in [1.29, 1.82) is 0 Å². The molecule has 1 aromatic heterocycles. The summed E-state index contributed by atoms with van der Waals surface area (Å²) < 4.78 is 12.9. The smallest absolute Gasteiger partial charge is 0.234 e. The molecule has 2 heterocycles. The molecular weight excluding hydrogens is 323 g/mol. The Hall–Kier alpha value is -1.72. The third kappa shape index (κ3) is 3.37. The van der Waals surface area contributed by atoms with Crippen LogP contribution < -0.4 is 5.32 Å². The lowest BCUT2D eigenvalue weighted by Crippen LogP contribution is -2.42. The van der Waals surface area contributed by atoms with Crippen LogP contribution in [0.4, 0.5) is 4.39 Å². The summed E-state index contributed by atoms with van der Waals surface area (Å²) >= 11 is 1.85. The summed E-state index contributed by atoms with van der Waals surface area (Å²) in [6.07, 6.45) is 3.59. The number of hydrogen-bond donors (Lipinski definition) is 1. The van der Waals surface area contributed by atoms with E-state index in [4.69, 9.17) is 0 Å². The number of nitrogens with zero attached hydrogens (tertiary/aromatic N) is 1. The first-order valence-corrected chi connectivity index (χ1v) is 9.40. The zero-order valence-corrected chi connectivity index (χ0v) is 14.3. The zero-order valence-electron chi connectivity index (χ0n) is 13.5. The Morgan fingerprint density at radius 2 is 2.04 bits per heavy atom. The van der Waals surface area contributed by atoms with Gasteiger partial charge in [0.15, 0.2) is 0 Å². The first kappa shape index (κ1) is 15.8. The highest BCUT2D eigenvalue weighted by Crippen LogP contribution is 2.48. The number of fused-ring (bicyclic) bond motifs is 1. The maximum absolute atomic E-state index is 12.9. The number of carbonyl (C=O) groups is 1. The number of carbonyl (C=O) groups excluding carboxylic acids is 1. The molecule has 0 bridgehead atoms. The second kappa shape index (κ2) is 6.65. The van der Waals surface area contributed by atoms with Gasteiger partial charge < -0.3 is 5.32 Å². The Morgan fingerprint density at radius 3 is 2.79 bits per heavy atom. The first-order valence-electron chi connectivity index (χ1n) is 8.52. The number of thiophene rings is 1. The van der Waals surface area contributed by atoms with Gasteiger partial charge in [0.1, 0.15) is 5.82 Å². The van der Waals surface area contributed by atoms with Crippen LogP contribution >= 0.6 is 11.3 Å². The standard InChI is InChI=1S/C19H21FN2OS/c20-15-5-1-13(2-6-15)11-21-18(23)12-22-9-7-17-16(8-10-24-17)19(22)14-3-4-14/h1-2,5-6,8,10,14,19H,3-4,7,9,11-12H2,(H,21,23)/t19-/m0/s1. The highest BCUT2D eigenvalue weighted by molar-refractivity contribution is 7.10. The van der Waals surface area contributed by atoms with Gasteiger partial charge in [0.25, 0.3) is 0 Å². The molecule has 0 unspecified atom stereocenters. The second-order valence-corrected chi connectivity index (χ2v) is 7.71. The van der Waals surface area contributed by atoms with Crippen molar-refractivity contribution in [2.75, 3.05) is 13.1 Å². The molecule has 1 N–H and O–H groups in total. The molecule has 1 aromatic carbocycles. The fourth-order valence-corrected chi connectivity index (χ4v) is 4.50. The van der Waals surface area contributed by atoms with Crippen LogP contribution in [-0.2, 0) is 17.8 Å². The lowest BCUT2D eigenvalue weighted by atomic mass is 9.96. The SMILES string of the molecule is O=C(CN1CCc2sccc2[C@@H]1C1CC1)NCc1ccc(F)cc1. The van der Waals surface area contributed by atoms with Crippen LogP contribution in [0.5, 0.6) is 0 Å². The average Bonchev–Trinajstić information content (AvgIpc) is 3.30. The summed E-state index contributed by atoms with van der Waals surface area (Å²) in [5.74, 6) is 0.504. The molecule has 2 aliphatic rings. The third-order valence-corrected chi connectivity index (χ3v) is 5.93. The number of hydrogen-bond acceptors (Lipinski definition) is 3. The monoisotopic (exact) mass is 344 g/mol. The Kier molecular flexibility index (Phi) is 4.37. The Labute approximate surface area is 145 Å². The van der Waals surface area contributed by atoms with Gasteiger partial charge in [0, 0.05) is 24.0 Å². The lowest BCUT2D eigenvalue weighted by Gasteiger charge is -2.35. The maximum atomic E-state index is 12.9. The van der Waals surface area contributed by atoms with E-state index in [2.05, 4.69) is 21.7 Å². The molecule has 126 valence electrons. The van der Waals surface area contributed by atoms with E-state index in [1.54, 1.807) is 12.1 Å². The number of benzene rings is 1. The van der Waals surface area contributed by atoms with Gasteiger partial charge in [-0.15, -0.1) is 11.3 Å². The Morgan fingerprint density at radius 1 is 1.25 bits per heavy atom. The van der Waals surface area contributed by atoms with Crippen molar-refractivity contribution in [3.63, 3.8) is 0 Å². The van der Waals surface area contributed by atoms with E-state index in [1.165, 1.54) is 35.4 Å². The summed E-state index contributed by atoms with van der Waals surface area (Å²) in [5, 5.41) is 5.14. The highest BCUT2D eigenvalue weighted by Gasteiger charge is 2.40. The van der Waals surface area contributed by atoms with Gasteiger partial charge in [0.2, 0.25) is 5.91 Å². The molecule has 3 nitrogen and oxygen atoms in total. The van der Waals surface area contributed by atoms with Crippen LogP contribution in [0.15, 0.2) is 35.7 Å². The molecular formula is C19H21FN2OS. The predicted molar refractivity (Wildman–Crippen MR) is 93.3 cm³/mol. The third-order valence-electron chi connectivity index (χ3n) is 4.94. The van der Waals surface area contributed by atoms with E-state index in [0.717, 1.165) is 18.5 Å². The van der Waals surface area contributed by atoms with E-state index in [1.807, 2.05) is 11.3 Å². The van der Waals surface area contributed by atoms with E-state index in [0.29, 0.717) is 25.0 Å². The van der Waals surface area contributed by atoms with Crippen LogP contribution in [0.25, 0.3) is 0 Å². The molecule has 1 atom stereocenters. The van der Waals surface area contributed by atoms with Crippen molar-refractivity contribution in [1.82, 2.24) is 10.2 Å². The van der Waals surface area contributed by atoms with E-state index < -0.39 is 0 Å². The molecule has 1 fully saturated rings. The summed E-state index contributed by atoms with van der Waals surface area (Å²) in [4.78, 5) is 16.2. The molecule has 0 saturated heterocycles. The quantitative estimate of drug-likeness (QED) is 0.900. The van der Waals surface area contributed by atoms with E-state index >= 15 is 0 Å². The number of nitrogens with one attached hydrogen (secondary N) is 1. The fourth-order valence-electron chi connectivity index (χ4n) is 3.58. The molecule has 4 rings (SSSR count).